The van der Waals surface area contributed by atoms with Gasteiger partial charge in [0.05, 0.1) is 33.8 Å². The number of halogens is 1. The number of hydrogen-bond donors (Lipinski definition) is 3. The van der Waals surface area contributed by atoms with Crippen LogP contribution < -0.4 is 10.6 Å². The van der Waals surface area contributed by atoms with Crippen LogP contribution >= 0.6 is 0 Å². The van der Waals surface area contributed by atoms with E-state index in [1.54, 1.807) is 13.8 Å². The molecule has 0 aliphatic carbocycles. The van der Waals surface area contributed by atoms with Crippen molar-refractivity contribution in [1.82, 2.24) is 15.3 Å². The van der Waals surface area contributed by atoms with Crippen molar-refractivity contribution < 1.29 is 27.5 Å². The van der Waals surface area contributed by atoms with Gasteiger partial charge in [0.2, 0.25) is 0 Å². The summed E-state index contributed by atoms with van der Waals surface area (Å²) in [4.78, 5) is 31.5. The van der Waals surface area contributed by atoms with E-state index in [-0.39, 0.29) is 11.4 Å². The lowest BCUT2D eigenvalue weighted by Gasteiger charge is -2.22. The molecule has 2 rings (SSSR count). The molecule has 2 aromatic rings. The molecule has 0 saturated heterocycles. The number of anilines is 1. The highest BCUT2D eigenvalue weighted by Crippen LogP contribution is 2.21. The summed E-state index contributed by atoms with van der Waals surface area (Å²) in [5, 5.41) is 15.0. The van der Waals surface area contributed by atoms with Crippen molar-refractivity contribution >= 4 is 27.5 Å². The number of nitrogens with one attached hydrogen (secondary N) is 2. The number of hydrogen-bond acceptors (Lipinski definition) is 7. The van der Waals surface area contributed by atoms with E-state index in [1.165, 1.54) is 13.2 Å². The molecule has 0 fully saturated rings. The van der Waals surface area contributed by atoms with Gasteiger partial charge in [-0.25, -0.2) is 17.8 Å². The summed E-state index contributed by atoms with van der Waals surface area (Å²) in [6.07, 6.45) is 1.28. The molecule has 11 heteroatoms. The predicted molar refractivity (Wildman–Crippen MR) is 103 cm³/mol. The summed E-state index contributed by atoms with van der Waals surface area (Å²) in [5.41, 5.74) is -1.46. The standard InChI is InChI=1S/C18H21FN4O5S/c1-10-11(2)22-15(8-21-10)23-17(25)18(3,26)9-29(27,28)12-5-6-13(14(19)7-12)16(24)20-4/h5-8,26H,9H2,1-4H3,(H,20,24)(H,22,23,25)/t18-/m0/s1. The Kier molecular flexibility index (Phi) is 6.34. The average Bonchev–Trinajstić information content (AvgIpc) is 2.63. The number of carbonyl (C=O) groups excluding carboxylic acids is 2. The van der Waals surface area contributed by atoms with Crippen LogP contribution in [0.25, 0.3) is 0 Å². The zero-order chi connectivity index (χ0) is 22.0. The number of aryl methyl sites for hydroxylation is 2. The van der Waals surface area contributed by atoms with Gasteiger partial charge in [0, 0.05) is 7.05 Å². The Labute approximate surface area is 167 Å². The molecule has 0 aliphatic heterocycles. The van der Waals surface area contributed by atoms with Gasteiger partial charge in [-0.2, -0.15) is 0 Å². The second-order valence-corrected chi connectivity index (χ2v) is 8.62. The number of nitrogens with zero attached hydrogens (tertiary/aromatic N) is 2. The van der Waals surface area contributed by atoms with Gasteiger partial charge in [-0.3, -0.25) is 14.6 Å². The number of rotatable bonds is 6. The van der Waals surface area contributed by atoms with Crippen LogP contribution in [0.5, 0.6) is 0 Å². The van der Waals surface area contributed by atoms with Crippen LogP contribution in [0.2, 0.25) is 0 Å². The topological polar surface area (TPSA) is 138 Å². The van der Waals surface area contributed by atoms with Gasteiger partial charge in [0.1, 0.15) is 5.82 Å². The molecular formula is C18H21FN4O5S. The maximum atomic E-state index is 14.1. The molecule has 0 unspecified atom stereocenters. The van der Waals surface area contributed by atoms with E-state index in [0.717, 1.165) is 19.1 Å². The van der Waals surface area contributed by atoms with Crippen molar-refractivity contribution in [2.75, 3.05) is 18.1 Å². The molecule has 1 aromatic heterocycles. The van der Waals surface area contributed by atoms with E-state index < -0.39 is 43.7 Å². The van der Waals surface area contributed by atoms with Crippen molar-refractivity contribution in [3.05, 3.63) is 47.2 Å². The Morgan fingerprint density at radius 2 is 1.90 bits per heavy atom. The first-order valence-electron chi connectivity index (χ1n) is 8.46. The molecule has 29 heavy (non-hydrogen) atoms. The molecule has 3 N–H and O–H groups in total. The molecule has 2 amide bonds. The molecule has 0 aliphatic rings. The minimum absolute atomic E-state index is 0.0525. The Balaban J connectivity index is 2.23. The average molecular weight is 424 g/mol. The minimum Gasteiger partial charge on any atom is -0.379 e. The highest BCUT2D eigenvalue weighted by Gasteiger charge is 2.37. The van der Waals surface area contributed by atoms with Crippen LogP contribution in [0.3, 0.4) is 0 Å². The summed E-state index contributed by atoms with van der Waals surface area (Å²) in [5.74, 6) is -3.73. The smallest absolute Gasteiger partial charge is 0.258 e. The molecule has 1 aromatic carbocycles. The number of benzene rings is 1. The van der Waals surface area contributed by atoms with Gasteiger partial charge in [0.15, 0.2) is 21.3 Å². The van der Waals surface area contributed by atoms with Crippen LogP contribution in [0.4, 0.5) is 10.2 Å². The predicted octanol–water partition coefficient (Wildman–Crippen LogP) is 0.756. The van der Waals surface area contributed by atoms with Crippen LogP contribution in [0.15, 0.2) is 29.3 Å². The zero-order valence-electron chi connectivity index (χ0n) is 16.3. The lowest BCUT2D eigenvalue weighted by Crippen LogP contribution is -2.46. The quantitative estimate of drug-likeness (QED) is 0.622. The van der Waals surface area contributed by atoms with Crippen molar-refractivity contribution in [2.24, 2.45) is 0 Å². The number of aromatic nitrogens is 2. The second-order valence-electron chi connectivity index (χ2n) is 6.63. The van der Waals surface area contributed by atoms with Crippen LogP contribution in [0, 0.1) is 19.7 Å². The van der Waals surface area contributed by atoms with Crippen molar-refractivity contribution in [3.63, 3.8) is 0 Å². The molecule has 1 heterocycles. The van der Waals surface area contributed by atoms with Crippen molar-refractivity contribution in [3.8, 4) is 0 Å². The van der Waals surface area contributed by atoms with Gasteiger partial charge in [-0.1, -0.05) is 0 Å². The largest absolute Gasteiger partial charge is 0.379 e. The lowest BCUT2D eigenvalue weighted by atomic mass is 10.1. The first-order chi connectivity index (χ1) is 13.4. The number of carbonyl (C=O) groups is 2. The van der Waals surface area contributed by atoms with Crippen LogP contribution in [-0.4, -0.2) is 53.7 Å². The fourth-order valence-electron chi connectivity index (χ4n) is 2.38. The van der Waals surface area contributed by atoms with Crippen molar-refractivity contribution in [1.29, 1.82) is 0 Å². The Bertz CT molecular complexity index is 1070. The summed E-state index contributed by atoms with van der Waals surface area (Å²) in [7, 11) is -2.95. The zero-order valence-corrected chi connectivity index (χ0v) is 17.1. The molecule has 0 spiro atoms. The molecule has 0 radical (unpaired) electrons. The molecular weight excluding hydrogens is 403 g/mol. The highest BCUT2D eigenvalue weighted by molar-refractivity contribution is 7.91. The first-order valence-corrected chi connectivity index (χ1v) is 10.1. The normalized spacial score (nSPS) is 13.4. The third kappa shape index (κ3) is 5.12. The molecule has 156 valence electrons. The van der Waals surface area contributed by atoms with Crippen LogP contribution in [-0.2, 0) is 14.6 Å². The van der Waals surface area contributed by atoms with E-state index in [2.05, 4.69) is 20.6 Å². The molecule has 0 saturated carbocycles. The molecule has 9 nitrogen and oxygen atoms in total. The summed E-state index contributed by atoms with van der Waals surface area (Å²) in [6.45, 7) is 4.42. The number of amides is 2. The molecule has 1 atom stereocenters. The Morgan fingerprint density at radius 1 is 1.24 bits per heavy atom. The van der Waals surface area contributed by atoms with E-state index in [4.69, 9.17) is 0 Å². The summed E-state index contributed by atoms with van der Waals surface area (Å²) < 4.78 is 39.2. The first kappa shape index (κ1) is 22.4. The Morgan fingerprint density at radius 3 is 2.45 bits per heavy atom. The SMILES string of the molecule is CNC(=O)c1ccc(S(=O)(=O)C[C@](C)(O)C(=O)Nc2cnc(C)c(C)n2)cc1F. The molecule has 0 bridgehead atoms. The maximum Gasteiger partial charge on any atom is 0.258 e. The lowest BCUT2D eigenvalue weighted by molar-refractivity contribution is -0.130. The fraction of sp³-hybridized carbons (Fsp3) is 0.333. The highest BCUT2D eigenvalue weighted by atomic mass is 32.2. The van der Waals surface area contributed by atoms with E-state index in [9.17, 15) is 27.5 Å². The third-order valence-corrected chi connectivity index (χ3v) is 6.08. The van der Waals surface area contributed by atoms with Crippen molar-refractivity contribution in [2.45, 2.75) is 31.3 Å². The number of sulfone groups is 1. The van der Waals surface area contributed by atoms with Crippen LogP contribution in [0.1, 0.15) is 28.7 Å². The summed E-state index contributed by atoms with van der Waals surface area (Å²) in [6, 6.07) is 2.72. The van der Waals surface area contributed by atoms with Gasteiger partial charge in [-0.05, 0) is 39.0 Å². The van der Waals surface area contributed by atoms with Gasteiger partial charge in [0.25, 0.3) is 11.8 Å². The minimum atomic E-state index is -4.26. The monoisotopic (exact) mass is 424 g/mol. The second kappa shape index (κ2) is 8.21. The summed E-state index contributed by atoms with van der Waals surface area (Å²) >= 11 is 0. The Hall–Kier alpha value is -2.92. The maximum absolute atomic E-state index is 14.1. The van der Waals surface area contributed by atoms with E-state index in [0.29, 0.717) is 17.5 Å². The fourth-order valence-corrected chi connectivity index (χ4v) is 3.98. The van der Waals surface area contributed by atoms with E-state index in [1.807, 2.05) is 0 Å². The van der Waals surface area contributed by atoms with E-state index >= 15 is 0 Å². The third-order valence-electron chi connectivity index (χ3n) is 4.17. The van der Waals surface area contributed by atoms with Gasteiger partial charge < -0.3 is 15.7 Å². The van der Waals surface area contributed by atoms with Gasteiger partial charge >= 0.3 is 0 Å². The number of aliphatic hydroxyl groups is 1. The van der Waals surface area contributed by atoms with Gasteiger partial charge in [-0.15, -0.1) is 0 Å².